The Bertz CT molecular complexity index is 213. The Hall–Kier alpha value is -0.900. The highest BCUT2D eigenvalue weighted by Gasteiger charge is 1.90. The lowest BCUT2D eigenvalue weighted by atomic mass is 10.2. The van der Waals surface area contributed by atoms with Crippen LogP contribution in [0.25, 0.3) is 0 Å². The van der Waals surface area contributed by atoms with Crippen molar-refractivity contribution in [3.05, 3.63) is 35.9 Å². The highest BCUT2D eigenvalue weighted by Crippen LogP contribution is 1.98. The summed E-state index contributed by atoms with van der Waals surface area (Å²) < 4.78 is 0. The van der Waals surface area contributed by atoms with Crippen molar-refractivity contribution >= 4 is 0 Å². The van der Waals surface area contributed by atoms with Gasteiger partial charge in [0.05, 0.1) is 6.61 Å². The molecule has 3 heteroatoms. The third-order valence-corrected chi connectivity index (χ3v) is 1.67. The first-order chi connectivity index (χ1) is 6.43. The summed E-state index contributed by atoms with van der Waals surface area (Å²) in [5.41, 5.74) is 9.35. The van der Waals surface area contributed by atoms with Gasteiger partial charge < -0.3 is 5.73 Å². The molecular formula is C10H16N2O. The third kappa shape index (κ3) is 4.62. The van der Waals surface area contributed by atoms with E-state index in [1.165, 1.54) is 5.56 Å². The minimum absolute atomic E-state index is 0.603. The van der Waals surface area contributed by atoms with Crippen LogP contribution in [0.5, 0.6) is 0 Å². The van der Waals surface area contributed by atoms with Crippen LogP contribution in [0.15, 0.2) is 30.3 Å². The zero-order chi connectivity index (χ0) is 9.36. The number of rotatable bonds is 6. The van der Waals surface area contributed by atoms with Gasteiger partial charge in [-0.3, -0.25) is 4.84 Å². The van der Waals surface area contributed by atoms with Crippen molar-refractivity contribution in [2.24, 2.45) is 5.73 Å². The molecule has 1 rings (SSSR count). The van der Waals surface area contributed by atoms with Gasteiger partial charge in [0, 0.05) is 6.54 Å². The van der Waals surface area contributed by atoms with Gasteiger partial charge >= 0.3 is 0 Å². The van der Waals surface area contributed by atoms with E-state index in [0.717, 1.165) is 13.0 Å². The second kappa shape index (κ2) is 6.60. The average molecular weight is 180 g/mol. The van der Waals surface area contributed by atoms with Crippen molar-refractivity contribution in [2.45, 2.75) is 13.0 Å². The first-order valence-corrected chi connectivity index (χ1v) is 4.52. The first-order valence-electron chi connectivity index (χ1n) is 4.52. The van der Waals surface area contributed by atoms with Gasteiger partial charge in [-0.2, -0.15) is 0 Å². The highest BCUT2D eigenvalue weighted by molar-refractivity contribution is 5.13. The largest absolute Gasteiger partial charge is 0.330 e. The number of hydrogen-bond donors (Lipinski definition) is 2. The molecule has 0 saturated carbocycles. The van der Waals surface area contributed by atoms with Crippen LogP contribution in [0.1, 0.15) is 12.0 Å². The first kappa shape index (κ1) is 10.2. The molecule has 0 aliphatic rings. The molecule has 0 bridgehead atoms. The molecule has 0 heterocycles. The average Bonchev–Trinajstić information content (AvgIpc) is 2.19. The van der Waals surface area contributed by atoms with Crippen LogP contribution in [-0.2, 0) is 11.4 Å². The van der Waals surface area contributed by atoms with Crippen molar-refractivity contribution in [3.8, 4) is 0 Å². The zero-order valence-electron chi connectivity index (χ0n) is 7.70. The van der Waals surface area contributed by atoms with Crippen molar-refractivity contribution in [1.29, 1.82) is 0 Å². The van der Waals surface area contributed by atoms with Crippen molar-refractivity contribution in [3.63, 3.8) is 0 Å². The van der Waals surface area contributed by atoms with E-state index < -0.39 is 0 Å². The fourth-order valence-corrected chi connectivity index (χ4v) is 0.955. The van der Waals surface area contributed by atoms with Gasteiger partial charge in [0.15, 0.2) is 0 Å². The second-order valence-corrected chi connectivity index (χ2v) is 2.81. The van der Waals surface area contributed by atoms with Gasteiger partial charge in [-0.25, -0.2) is 5.48 Å². The summed E-state index contributed by atoms with van der Waals surface area (Å²) in [6.45, 7) is 2.11. The van der Waals surface area contributed by atoms with Gasteiger partial charge in [0.1, 0.15) is 0 Å². The smallest absolute Gasteiger partial charge is 0.0933 e. The standard InChI is InChI=1S/C10H16N2O/c11-7-4-8-12-13-9-10-5-2-1-3-6-10/h1-3,5-6,12H,4,7-9,11H2. The van der Waals surface area contributed by atoms with E-state index in [0.29, 0.717) is 13.2 Å². The van der Waals surface area contributed by atoms with Gasteiger partial charge in [0.2, 0.25) is 0 Å². The molecule has 0 radical (unpaired) electrons. The van der Waals surface area contributed by atoms with E-state index in [1.54, 1.807) is 0 Å². The van der Waals surface area contributed by atoms with E-state index in [1.807, 2.05) is 30.3 Å². The number of nitrogens with two attached hydrogens (primary N) is 1. The van der Waals surface area contributed by atoms with Gasteiger partial charge in [-0.1, -0.05) is 30.3 Å². The molecule has 0 fully saturated rings. The molecular weight excluding hydrogens is 164 g/mol. The maximum absolute atomic E-state index is 5.33. The third-order valence-electron chi connectivity index (χ3n) is 1.67. The molecule has 13 heavy (non-hydrogen) atoms. The van der Waals surface area contributed by atoms with E-state index in [9.17, 15) is 0 Å². The lowest BCUT2D eigenvalue weighted by molar-refractivity contribution is 0.0279. The lowest BCUT2D eigenvalue weighted by Crippen LogP contribution is -2.18. The number of hydrogen-bond acceptors (Lipinski definition) is 3. The maximum Gasteiger partial charge on any atom is 0.0933 e. The molecule has 0 unspecified atom stereocenters. The van der Waals surface area contributed by atoms with Crippen LogP contribution in [0.4, 0.5) is 0 Å². The van der Waals surface area contributed by atoms with E-state index in [4.69, 9.17) is 10.6 Å². The van der Waals surface area contributed by atoms with Gasteiger partial charge in [0.25, 0.3) is 0 Å². The molecule has 0 atom stereocenters. The molecule has 0 spiro atoms. The van der Waals surface area contributed by atoms with Crippen LogP contribution in [0, 0.1) is 0 Å². The Labute approximate surface area is 78.8 Å². The molecule has 3 N–H and O–H groups in total. The Kier molecular flexibility index (Phi) is 5.17. The van der Waals surface area contributed by atoms with Crippen molar-refractivity contribution < 1.29 is 4.84 Å². The minimum atomic E-state index is 0.603. The molecule has 0 aliphatic carbocycles. The normalized spacial score (nSPS) is 10.2. The Morgan fingerprint density at radius 2 is 2.00 bits per heavy atom. The van der Waals surface area contributed by atoms with Crippen molar-refractivity contribution in [2.75, 3.05) is 13.1 Å². The molecule has 72 valence electrons. The SMILES string of the molecule is NCCCNOCc1ccccc1. The highest BCUT2D eigenvalue weighted by atomic mass is 16.6. The molecule has 0 saturated heterocycles. The quantitative estimate of drug-likeness (QED) is 0.508. The van der Waals surface area contributed by atoms with E-state index in [-0.39, 0.29) is 0 Å². The second-order valence-electron chi connectivity index (χ2n) is 2.81. The van der Waals surface area contributed by atoms with Crippen LogP contribution in [0.3, 0.4) is 0 Å². The maximum atomic E-state index is 5.33. The summed E-state index contributed by atoms with van der Waals surface area (Å²) in [5.74, 6) is 0. The molecule has 1 aromatic rings. The monoisotopic (exact) mass is 180 g/mol. The molecule has 1 aromatic carbocycles. The minimum Gasteiger partial charge on any atom is -0.330 e. The zero-order valence-corrected chi connectivity index (χ0v) is 7.70. The summed E-state index contributed by atoms with van der Waals surface area (Å²) >= 11 is 0. The summed E-state index contributed by atoms with van der Waals surface area (Å²) in [6.07, 6.45) is 0.939. The molecule has 3 nitrogen and oxygen atoms in total. The Morgan fingerprint density at radius 3 is 2.69 bits per heavy atom. The topological polar surface area (TPSA) is 47.3 Å². The predicted octanol–water partition coefficient (Wildman–Crippen LogP) is 1.06. The number of benzene rings is 1. The summed E-state index contributed by atoms with van der Waals surface area (Å²) in [5, 5.41) is 0. The molecule has 0 aromatic heterocycles. The van der Waals surface area contributed by atoms with Crippen LogP contribution >= 0.6 is 0 Å². The van der Waals surface area contributed by atoms with Crippen LogP contribution in [-0.4, -0.2) is 13.1 Å². The number of hydroxylamine groups is 1. The Balaban J connectivity index is 2.07. The van der Waals surface area contributed by atoms with E-state index >= 15 is 0 Å². The Morgan fingerprint density at radius 1 is 1.23 bits per heavy atom. The fourth-order valence-electron chi connectivity index (χ4n) is 0.955. The van der Waals surface area contributed by atoms with Gasteiger partial charge in [-0.15, -0.1) is 0 Å². The van der Waals surface area contributed by atoms with Crippen LogP contribution in [0.2, 0.25) is 0 Å². The number of nitrogens with one attached hydrogen (secondary N) is 1. The summed E-state index contributed by atoms with van der Waals surface area (Å²) in [4.78, 5) is 5.22. The summed E-state index contributed by atoms with van der Waals surface area (Å²) in [7, 11) is 0. The fraction of sp³-hybridized carbons (Fsp3) is 0.400. The molecule has 0 amide bonds. The predicted molar refractivity (Wildman–Crippen MR) is 52.9 cm³/mol. The van der Waals surface area contributed by atoms with Gasteiger partial charge in [-0.05, 0) is 18.5 Å². The van der Waals surface area contributed by atoms with Crippen LogP contribution < -0.4 is 11.2 Å². The lowest BCUT2D eigenvalue weighted by Gasteiger charge is -2.04. The van der Waals surface area contributed by atoms with E-state index in [2.05, 4.69) is 5.48 Å². The van der Waals surface area contributed by atoms with Crippen molar-refractivity contribution in [1.82, 2.24) is 5.48 Å². The summed E-state index contributed by atoms with van der Waals surface area (Å²) in [6, 6.07) is 10.1. The molecule has 0 aliphatic heterocycles.